The van der Waals surface area contributed by atoms with E-state index in [1.165, 1.54) is 30.0 Å². The average molecular weight is 198 g/mol. The zero-order valence-corrected chi connectivity index (χ0v) is 7.67. The predicted molar refractivity (Wildman–Crippen MR) is 49.2 cm³/mol. The van der Waals surface area contributed by atoms with E-state index in [9.17, 15) is 14.9 Å². The summed E-state index contributed by atoms with van der Waals surface area (Å²) in [5.74, 6) is 0. The van der Waals surface area contributed by atoms with Crippen molar-refractivity contribution < 1.29 is 9.66 Å². The standard InChI is InChI=1S/C8H10N2O4/c1-14-5-4-9-6-7(10(12)13)2-3-8(9)11/h2-3,6H,4-5H2,1H3. The third-order valence-corrected chi connectivity index (χ3v) is 1.71. The maximum absolute atomic E-state index is 11.2. The Labute approximate surface area is 79.9 Å². The summed E-state index contributed by atoms with van der Waals surface area (Å²) in [7, 11) is 1.50. The SMILES string of the molecule is COCCn1cc([N+](=O)[O-])ccc1=O. The number of pyridine rings is 1. The van der Waals surface area contributed by atoms with Crippen LogP contribution in [0.3, 0.4) is 0 Å². The van der Waals surface area contributed by atoms with Gasteiger partial charge in [0.05, 0.1) is 17.7 Å². The first kappa shape index (κ1) is 10.4. The van der Waals surface area contributed by atoms with Gasteiger partial charge in [0.2, 0.25) is 0 Å². The number of ether oxygens (including phenoxy) is 1. The van der Waals surface area contributed by atoms with Crippen LogP contribution < -0.4 is 5.56 Å². The normalized spacial score (nSPS) is 10.1. The summed E-state index contributed by atoms with van der Waals surface area (Å²) in [6, 6.07) is 2.36. The fraction of sp³-hybridized carbons (Fsp3) is 0.375. The third-order valence-electron chi connectivity index (χ3n) is 1.71. The van der Waals surface area contributed by atoms with Gasteiger partial charge in [-0.25, -0.2) is 0 Å². The molecule has 6 heteroatoms. The number of rotatable bonds is 4. The van der Waals surface area contributed by atoms with Crippen molar-refractivity contribution >= 4 is 5.69 Å². The minimum atomic E-state index is -0.539. The molecule has 0 aromatic carbocycles. The van der Waals surface area contributed by atoms with Crippen molar-refractivity contribution in [1.82, 2.24) is 4.57 Å². The zero-order chi connectivity index (χ0) is 10.6. The molecule has 0 unspecified atom stereocenters. The van der Waals surface area contributed by atoms with Gasteiger partial charge in [-0.1, -0.05) is 0 Å². The van der Waals surface area contributed by atoms with E-state index in [1.807, 2.05) is 0 Å². The van der Waals surface area contributed by atoms with Crippen molar-refractivity contribution in [3.05, 3.63) is 38.8 Å². The molecule has 0 atom stereocenters. The Kier molecular flexibility index (Phi) is 3.35. The molecule has 0 saturated carbocycles. The molecule has 1 aromatic heterocycles. The highest BCUT2D eigenvalue weighted by Gasteiger charge is 2.06. The Morgan fingerprint density at radius 2 is 2.29 bits per heavy atom. The van der Waals surface area contributed by atoms with Crippen LogP contribution in [0.15, 0.2) is 23.1 Å². The Balaban J connectivity index is 2.96. The molecule has 0 bridgehead atoms. The summed E-state index contributed by atoms with van der Waals surface area (Å²) in [5.41, 5.74) is -0.367. The van der Waals surface area contributed by atoms with Gasteiger partial charge in [-0.3, -0.25) is 14.9 Å². The molecule has 1 heterocycles. The molecule has 76 valence electrons. The van der Waals surface area contributed by atoms with Crippen molar-refractivity contribution in [2.45, 2.75) is 6.54 Å². The molecule has 1 aromatic rings. The molecule has 0 amide bonds. The van der Waals surface area contributed by atoms with Crippen LogP contribution in [0.25, 0.3) is 0 Å². The van der Waals surface area contributed by atoms with Crippen LogP contribution in [-0.2, 0) is 11.3 Å². The zero-order valence-electron chi connectivity index (χ0n) is 7.67. The van der Waals surface area contributed by atoms with E-state index in [-0.39, 0.29) is 11.2 Å². The minimum absolute atomic E-state index is 0.0966. The van der Waals surface area contributed by atoms with E-state index in [0.717, 1.165) is 0 Å². The summed E-state index contributed by atoms with van der Waals surface area (Å²) < 4.78 is 6.02. The highest BCUT2D eigenvalue weighted by Crippen LogP contribution is 2.05. The smallest absolute Gasteiger partial charge is 0.285 e. The minimum Gasteiger partial charge on any atom is -0.383 e. The summed E-state index contributed by atoms with van der Waals surface area (Å²) in [6.45, 7) is 0.665. The fourth-order valence-corrected chi connectivity index (χ4v) is 0.991. The van der Waals surface area contributed by atoms with Gasteiger partial charge < -0.3 is 9.30 Å². The fourth-order valence-electron chi connectivity index (χ4n) is 0.991. The number of nitrogens with zero attached hydrogens (tertiary/aromatic N) is 2. The Hall–Kier alpha value is -1.69. The van der Waals surface area contributed by atoms with E-state index in [4.69, 9.17) is 4.74 Å². The highest BCUT2D eigenvalue weighted by molar-refractivity contribution is 5.24. The number of aromatic nitrogens is 1. The molecule has 0 spiro atoms. The number of hydrogen-bond donors (Lipinski definition) is 0. The van der Waals surface area contributed by atoms with Gasteiger partial charge >= 0.3 is 0 Å². The molecule has 0 aliphatic carbocycles. The number of methoxy groups -OCH3 is 1. The summed E-state index contributed by atoms with van der Waals surface area (Å²) >= 11 is 0. The van der Waals surface area contributed by atoms with Crippen LogP contribution in [-0.4, -0.2) is 23.2 Å². The number of hydrogen-bond acceptors (Lipinski definition) is 4. The largest absolute Gasteiger partial charge is 0.383 e. The molecule has 0 radical (unpaired) electrons. The van der Waals surface area contributed by atoms with Gasteiger partial charge in [0.25, 0.3) is 11.2 Å². The molecule has 6 nitrogen and oxygen atoms in total. The summed E-state index contributed by atoms with van der Waals surface area (Å²) in [4.78, 5) is 21.0. The van der Waals surface area contributed by atoms with Gasteiger partial charge in [-0.2, -0.15) is 0 Å². The van der Waals surface area contributed by atoms with Gasteiger partial charge in [0.15, 0.2) is 0 Å². The lowest BCUT2D eigenvalue weighted by molar-refractivity contribution is -0.385. The molecule has 0 fully saturated rings. The maximum atomic E-state index is 11.2. The predicted octanol–water partition coefficient (Wildman–Crippen LogP) is 0.403. The van der Waals surface area contributed by atoms with Crippen LogP contribution in [0.1, 0.15) is 0 Å². The first-order valence-electron chi connectivity index (χ1n) is 3.99. The molecule has 0 saturated heterocycles. The average Bonchev–Trinajstić information content (AvgIpc) is 2.16. The van der Waals surface area contributed by atoms with Crippen molar-refractivity contribution in [3.8, 4) is 0 Å². The Bertz CT molecular complexity index is 385. The van der Waals surface area contributed by atoms with Crippen molar-refractivity contribution in [2.24, 2.45) is 0 Å². The topological polar surface area (TPSA) is 74.4 Å². The maximum Gasteiger partial charge on any atom is 0.285 e. The highest BCUT2D eigenvalue weighted by atomic mass is 16.6. The summed E-state index contributed by atoms with van der Waals surface area (Å²) in [6.07, 6.45) is 1.21. The van der Waals surface area contributed by atoms with Crippen LogP contribution in [0.2, 0.25) is 0 Å². The van der Waals surface area contributed by atoms with E-state index in [2.05, 4.69) is 0 Å². The van der Waals surface area contributed by atoms with Gasteiger partial charge in [-0.05, 0) is 0 Å². The molecule has 14 heavy (non-hydrogen) atoms. The lowest BCUT2D eigenvalue weighted by Crippen LogP contribution is -2.20. The second kappa shape index (κ2) is 4.52. The first-order chi connectivity index (χ1) is 6.65. The van der Waals surface area contributed by atoms with Crippen molar-refractivity contribution in [2.75, 3.05) is 13.7 Å². The quantitative estimate of drug-likeness (QED) is 0.518. The third kappa shape index (κ3) is 2.40. The molecule has 0 aliphatic rings. The Morgan fingerprint density at radius 3 is 2.86 bits per heavy atom. The molecule has 0 aliphatic heterocycles. The van der Waals surface area contributed by atoms with Crippen molar-refractivity contribution in [1.29, 1.82) is 0 Å². The van der Waals surface area contributed by atoms with E-state index in [1.54, 1.807) is 0 Å². The molecule has 0 N–H and O–H groups in total. The second-order valence-corrected chi connectivity index (χ2v) is 2.67. The number of nitro groups is 1. The van der Waals surface area contributed by atoms with Crippen LogP contribution in [0.5, 0.6) is 0 Å². The molecule has 1 rings (SSSR count). The lowest BCUT2D eigenvalue weighted by Gasteiger charge is -2.03. The van der Waals surface area contributed by atoms with Gasteiger partial charge in [0.1, 0.15) is 0 Å². The van der Waals surface area contributed by atoms with E-state index >= 15 is 0 Å². The van der Waals surface area contributed by atoms with Crippen LogP contribution in [0, 0.1) is 10.1 Å². The molecular formula is C8H10N2O4. The van der Waals surface area contributed by atoms with Crippen LogP contribution >= 0.6 is 0 Å². The van der Waals surface area contributed by atoms with Crippen molar-refractivity contribution in [3.63, 3.8) is 0 Å². The Morgan fingerprint density at radius 1 is 1.57 bits per heavy atom. The van der Waals surface area contributed by atoms with Crippen LogP contribution in [0.4, 0.5) is 5.69 Å². The second-order valence-electron chi connectivity index (χ2n) is 2.67. The van der Waals surface area contributed by atoms with E-state index in [0.29, 0.717) is 13.2 Å². The van der Waals surface area contributed by atoms with Gasteiger partial charge in [0, 0.05) is 25.8 Å². The first-order valence-corrected chi connectivity index (χ1v) is 3.99. The summed E-state index contributed by atoms with van der Waals surface area (Å²) in [5, 5.41) is 10.4. The lowest BCUT2D eigenvalue weighted by atomic mass is 10.4. The van der Waals surface area contributed by atoms with Gasteiger partial charge in [-0.15, -0.1) is 0 Å². The molecular weight excluding hydrogens is 188 g/mol. The van der Waals surface area contributed by atoms with E-state index < -0.39 is 4.92 Å². The monoisotopic (exact) mass is 198 g/mol.